The fourth-order valence-corrected chi connectivity index (χ4v) is 4.34. The third-order valence-electron chi connectivity index (χ3n) is 6.15. The molecule has 204 valence electrons. The first-order valence-corrected chi connectivity index (χ1v) is 12.3. The Bertz CT molecular complexity index is 1700. The molecule has 0 aliphatic heterocycles. The Balaban J connectivity index is 1.45. The predicted octanol–water partition coefficient (Wildman–Crippen LogP) is 5.18. The molecule has 40 heavy (non-hydrogen) atoms. The summed E-state index contributed by atoms with van der Waals surface area (Å²) in [5, 5.41) is 18.1. The summed E-state index contributed by atoms with van der Waals surface area (Å²) in [6.07, 6.45) is 5.94. The van der Waals surface area contributed by atoms with E-state index in [1.54, 1.807) is 47.4 Å². The van der Waals surface area contributed by atoms with Crippen molar-refractivity contribution >= 4 is 23.4 Å². The van der Waals surface area contributed by atoms with Gasteiger partial charge in [0.05, 0.1) is 39.9 Å². The first-order valence-electron chi connectivity index (χ1n) is 13.4. The Morgan fingerprint density at radius 3 is 2.65 bits per heavy atom. The Morgan fingerprint density at radius 1 is 1.12 bits per heavy atom. The van der Waals surface area contributed by atoms with Crippen LogP contribution in [-0.4, -0.2) is 61.8 Å². The van der Waals surface area contributed by atoms with E-state index in [1.165, 1.54) is 30.4 Å². The van der Waals surface area contributed by atoms with Gasteiger partial charge in [-0.05, 0) is 52.7 Å². The number of methoxy groups -OCH3 is 2. The van der Waals surface area contributed by atoms with Gasteiger partial charge in [-0.15, -0.1) is 5.10 Å². The highest BCUT2D eigenvalue weighted by Gasteiger charge is 2.20. The molecule has 0 spiro atoms. The number of benzene rings is 2. The second-order valence-corrected chi connectivity index (χ2v) is 8.94. The minimum absolute atomic E-state index is 0.0752. The molecule has 2 aromatic carbocycles. The lowest BCUT2D eigenvalue weighted by Gasteiger charge is -2.18. The van der Waals surface area contributed by atoms with Gasteiger partial charge in [-0.3, -0.25) is 15.0 Å². The second kappa shape index (κ2) is 12.0. The lowest BCUT2D eigenvalue weighted by atomic mass is 10.0. The molecule has 5 rings (SSSR count). The zero-order valence-corrected chi connectivity index (χ0v) is 21.8. The summed E-state index contributed by atoms with van der Waals surface area (Å²) >= 11 is 6.09. The largest absolute Gasteiger partial charge is 0.453 e. The van der Waals surface area contributed by atoms with Crippen molar-refractivity contribution < 1.29 is 22.8 Å². The van der Waals surface area contributed by atoms with E-state index in [-0.39, 0.29) is 23.6 Å². The van der Waals surface area contributed by atoms with Gasteiger partial charge in [0.1, 0.15) is 6.33 Å². The SMILES string of the molecule is [2H]C([2H])([2H])OCCC(c1ccc(-c2c(-n3cnnn3)ccc(Cl)c2F)cn1)n1cc(-c2ccc(NC(=O)OC)cc2)cn1. The van der Waals surface area contributed by atoms with Crippen LogP contribution in [0.15, 0.2) is 73.4 Å². The van der Waals surface area contributed by atoms with Gasteiger partial charge < -0.3 is 9.47 Å². The van der Waals surface area contributed by atoms with Crippen molar-refractivity contribution in [2.24, 2.45) is 0 Å². The average molecular weight is 566 g/mol. The van der Waals surface area contributed by atoms with Gasteiger partial charge in [0.25, 0.3) is 0 Å². The van der Waals surface area contributed by atoms with Crippen LogP contribution in [0.3, 0.4) is 0 Å². The summed E-state index contributed by atoms with van der Waals surface area (Å²) in [5.41, 5.74) is 3.65. The number of anilines is 1. The lowest BCUT2D eigenvalue weighted by Crippen LogP contribution is -2.15. The Kier molecular flexibility index (Phi) is 6.98. The summed E-state index contributed by atoms with van der Waals surface area (Å²) < 4.78 is 50.1. The molecule has 1 amide bonds. The van der Waals surface area contributed by atoms with Gasteiger partial charge in [0.2, 0.25) is 0 Å². The maximum absolute atomic E-state index is 15.3. The zero-order valence-electron chi connectivity index (χ0n) is 24.0. The predicted molar refractivity (Wildman–Crippen MR) is 146 cm³/mol. The number of pyridine rings is 1. The molecule has 1 N–H and O–H groups in total. The van der Waals surface area contributed by atoms with E-state index in [0.717, 1.165) is 11.1 Å². The molecular weight excluding hydrogens is 539 g/mol. The van der Waals surface area contributed by atoms with Crippen molar-refractivity contribution in [3.05, 3.63) is 90.0 Å². The van der Waals surface area contributed by atoms with Crippen molar-refractivity contribution in [1.82, 2.24) is 35.0 Å². The van der Waals surface area contributed by atoms with Crippen LogP contribution in [-0.2, 0) is 9.47 Å². The molecule has 3 heterocycles. The van der Waals surface area contributed by atoms with Crippen LogP contribution >= 0.6 is 11.6 Å². The van der Waals surface area contributed by atoms with Crippen molar-refractivity contribution in [1.29, 1.82) is 0 Å². The maximum Gasteiger partial charge on any atom is 0.411 e. The van der Waals surface area contributed by atoms with Crippen LogP contribution < -0.4 is 5.32 Å². The van der Waals surface area contributed by atoms with Crippen LogP contribution in [0.5, 0.6) is 0 Å². The first-order chi connectivity index (χ1) is 20.6. The minimum Gasteiger partial charge on any atom is -0.453 e. The van der Waals surface area contributed by atoms with Gasteiger partial charge >= 0.3 is 6.09 Å². The molecule has 0 aliphatic carbocycles. The van der Waals surface area contributed by atoms with Crippen LogP contribution in [0, 0.1) is 5.82 Å². The van der Waals surface area contributed by atoms with E-state index in [2.05, 4.69) is 35.7 Å². The lowest BCUT2D eigenvalue weighted by molar-refractivity contribution is 0.181. The fourth-order valence-electron chi connectivity index (χ4n) is 4.19. The number of halogens is 2. The summed E-state index contributed by atoms with van der Waals surface area (Å²) in [5.74, 6) is -0.656. The molecule has 0 saturated carbocycles. The maximum atomic E-state index is 15.3. The van der Waals surface area contributed by atoms with Gasteiger partial charge in [0, 0.05) is 48.4 Å². The highest BCUT2D eigenvalue weighted by Crippen LogP contribution is 2.34. The van der Waals surface area contributed by atoms with Crippen LogP contribution in [0.1, 0.15) is 22.3 Å². The summed E-state index contributed by atoms with van der Waals surface area (Å²) in [7, 11) is -1.28. The van der Waals surface area contributed by atoms with E-state index < -0.39 is 25.0 Å². The van der Waals surface area contributed by atoms with Gasteiger partial charge in [-0.25, -0.2) is 9.18 Å². The van der Waals surface area contributed by atoms with Crippen molar-refractivity contribution in [3.63, 3.8) is 0 Å². The number of carbonyl (C=O) groups excluding carboxylic acids is 1. The van der Waals surface area contributed by atoms with Crippen LogP contribution in [0.25, 0.3) is 27.9 Å². The van der Waals surface area contributed by atoms with E-state index in [0.29, 0.717) is 22.6 Å². The number of tetrazole rings is 1. The molecule has 0 fully saturated rings. The van der Waals surface area contributed by atoms with E-state index in [1.807, 2.05) is 12.1 Å². The van der Waals surface area contributed by atoms with Crippen LogP contribution in [0.4, 0.5) is 14.9 Å². The number of amides is 1. The summed E-state index contributed by atoms with van der Waals surface area (Å²) in [6.45, 7) is -0.0972. The Labute approximate surface area is 237 Å². The number of ether oxygens (including phenoxy) is 2. The van der Waals surface area contributed by atoms with E-state index in [9.17, 15) is 4.79 Å². The molecule has 0 aliphatic rings. The molecule has 13 heteroatoms. The zero-order chi connectivity index (χ0) is 30.6. The number of carbonyl (C=O) groups is 1. The third-order valence-corrected chi connectivity index (χ3v) is 6.44. The van der Waals surface area contributed by atoms with Crippen molar-refractivity contribution in [2.75, 3.05) is 26.1 Å². The van der Waals surface area contributed by atoms with Gasteiger partial charge in [-0.1, -0.05) is 29.8 Å². The van der Waals surface area contributed by atoms with Crippen molar-refractivity contribution in [2.45, 2.75) is 12.5 Å². The van der Waals surface area contributed by atoms with E-state index >= 15 is 4.39 Å². The molecule has 3 aromatic heterocycles. The Morgan fingerprint density at radius 2 is 1.95 bits per heavy atom. The number of nitrogens with one attached hydrogen (secondary N) is 1. The topological polar surface area (TPSA) is 122 Å². The molecule has 11 nitrogen and oxygen atoms in total. The quantitative estimate of drug-likeness (QED) is 0.259. The summed E-state index contributed by atoms with van der Waals surface area (Å²) in [6, 6.07) is 13.0. The van der Waals surface area contributed by atoms with Crippen LogP contribution in [0.2, 0.25) is 5.02 Å². The Hall–Kier alpha value is -4.68. The minimum atomic E-state index is -2.56. The average Bonchev–Trinajstić information content (AvgIpc) is 3.70. The van der Waals surface area contributed by atoms with Crippen molar-refractivity contribution in [3.8, 4) is 27.9 Å². The molecular formula is C27H24ClFN8O3. The normalized spacial score (nSPS) is 13.2. The second-order valence-electron chi connectivity index (χ2n) is 8.54. The molecule has 5 aromatic rings. The van der Waals surface area contributed by atoms with Gasteiger partial charge in [0.15, 0.2) is 5.82 Å². The smallest absolute Gasteiger partial charge is 0.411 e. The molecule has 0 radical (unpaired) electrons. The molecule has 1 unspecified atom stereocenters. The van der Waals surface area contributed by atoms with Gasteiger partial charge in [-0.2, -0.15) is 9.78 Å². The highest BCUT2D eigenvalue weighted by atomic mass is 35.5. The summed E-state index contributed by atoms with van der Waals surface area (Å²) in [4.78, 5) is 16.1. The number of hydrogen-bond donors (Lipinski definition) is 1. The standard InChI is InChI=1S/C27H24ClFN8O3/c1-39-12-11-23(36-15-19(14-32-36)17-3-6-20(7-4-17)33-27(38)40-2)22-9-5-18(13-30-22)25-24(37-16-31-34-35-37)10-8-21(28)26(25)29/h3-10,13-16,23H,11-12H2,1-2H3,(H,33,38)/i1D3. The molecule has 0 saturated heterocycles. The fraction of sp³-hybridized carbons (Fsp3) is 0.185. The molecule has 1 atom stereocenters. The van der Waals surface area contributed by atoms with E-state index in [4.69, 9.17) is 20.5 Å². The number of nitrogens with zero attached hydrogens (tertiary/aromatic N) is 7. The third kappa shape index (κ3) is 5.67. The highest BCUT2D eigenvalue weighted by molar-refractivity contribution is 6.31. The number of hydrogen-bond acceptors (Lipinski definition) is 8. The number of aromatic nitrogens is 7. The first kappa shape index (κ1) is 23.2. The molecule has 0 bridgehead atoms. The monoisotopic (exact) mass is 565 g/mol. The number of rotatable bonds is 9.